The van der Waals surface area contributed by atoms with Gasteiger partial charge in [-0.25, -0.2) is 0 Å². The Labute approximate surface area is 117 Å². The zero-order valence-electron chi connectivity index (χ0n) is 13.3. The van der Waals surface area contributed by atoms with Crippen molar-refractivity contribution in [3.63, 3.8) is 0 Å². The summed E-state index contributed by atoms with van der Waals surface area (Å²) in [7, 11) is 0. The molecular formula is C18H37. The van der Waals surface area contributed by atoms with Crippen molar-refractivity contribution in [1.82, 2.24) is 0 Å². The largest absolute Gasteiger partial charge is 0.0654 e. The first-order valence-corrected chi connectivity index (χ1v) is 8.62. The highest BCUT2D eigenvalue weighted by Gasteiger charge is 2.00. The van der Waals surface area contributed by atoms with Gasteiger partial charge in [0.05, 0.1) is 0 Å². The van der Waals surface area contributed by atoms with Gasteiger partial charge < -0.3 is 0 Å². The molecule has 0 aliphatic heterocycles. The molecule has 0 nitrogen and oxygen atoms in total. The SMILES string of the molecule is CCCCCCCC[CH]CCCCC(C)CCC. The van der Waals surface area contributed by atoms with E-state index in [1.54, 1.807) is 0 Å². The Morgan fingerprint density at radius 1 is 0.667 bits per heavy atom. The van der Waals surface area contributed by atoms with Gasteiger partial charge in [-0.15, -0.1) is 0 Å². The van der Waals surface area contributed by atoms with Crippen molar-refractivity contribution in [2.24, 2.45) is 5.92 Å². The average molecular weight is 253 g/mol. The summed E-state index contributed by atoms with van der Waals surface area (Å²) >= 11 is 0. The highest BCUT2D eigenvalue weighted by molar-refractivity contribution is 4.65. The predicted octanol–water partition coefficient (Wildman–Crippen LogP) is 6.94. The fourth-order valence-corrected chi connectivity index (χ4v) is 2.63. The highest BCUT2D eigenvalue weighted by Crippen LogP contribution is 2.16. The van der Waals surface area contributed by atoms with E-state index in [9.17, 15) is 0 Å². The van der Waals surface area contributed by atoms with Crippen LogP contribution in [0.3, 0.4) is 0 Å². The molecule has 1 unspecified atom stereocenters. The van der Waals surface area contributed by atoms with Gasteiger partial charge in [0.25, 0.3) is 0 Å². The summed E-state index contributed by atoms with van der Waals surface area (Å²) in [4.78, 5) is 0. The van der Waals surface area contributed by atoms with Crippen LogP contribution in [0.5, 0.6) is 0 Å². The molecule has 0 N–H and O–H groups in total. The Balaban J connectivity index is 2.98. The lowest BCUT2D eigenvalue weighted by atomic mass is 9.98. The van der Waals surface area contributed by atoms with Crippen LogP contribution in [0, 0.1) is 12.3 Å². The quantitative estimate of drug-likeness (QED) is 0.294. The summed E-state index contributed by atoms with van der Waals surface area (Å²) in [5.74, 6) is 0.952. The molecule has 0 aromatic heterocycles. The third-order valence-electron chi connectivity index (χ3n) is 3.90. The summed E-state index contributed by atoms with van der Waals surface area (Å²) in [5.41, 5.74) is 0. The lowest BCUT2D eigenvalue weighted by Crippen LogP contribution is -1.93. The minimum absolute atomic E-state index is 0.952. The smallest absolute Gasteiger partial charge is 0.0386 e. The van der Waals surface area contributed by atoms with Gasteiger partial charge in [-0.3, -0.25) is 0 Å². The summed E-state index contributed by atoms with van der Waals surface area (Å²) in [5, 5.41) is 0. The van der Waals surface area contributed by atoms with Crippen LogP contribution in [-0.4, -0.2) is 0 Å². The van der Waals surface area contributed by atoms with E-state index in [-0.39, 0.29) is 0 Å². The third-order valence-corrected chi connectivity index (χ3v) is 3.90. The van der Waals surface area contributed by atoms with Gasteiger partial charge in [-0.2, -0.15) is 0 Å². The van der Waals surface area contributed by atoms with Gasteiger partial charge in [0, 0.05) is 0 Å². The Morgan fingerprint density at radius 3 is 1.94 bits per heavy atom. The van der Waals surface area contributed by atoms with E-state index < -0.39 is 0 Å². The van der Waals surface area contributed by atoms with Crippen molar-refractivity contribution in [2.75, 3.05) is 0 Å². The zero-order valence-corrected chi connectivity index (χ0v) is 13.3. The second-order valence-corrected chi connectivity index (χ2v) is 6.02. The van der Waals surface area contributed by atoms with Gasteiger partial charge in [0.15, 0.2) is 0 Å². The fraction of sp³-hybridized carbons (Fsp3) is 0.944. The van der Waals surface area contributed by atoms with Gasteiger partial charge in [-0.1, -0.05) is 104 Å². The molecule has 0 aromatic carbocycles. The van der Waals surface area contributed by atoms with E-state index in [2.05, 4.69) is 27.2 Å². The molecule has 0 spiro atoms. The molecule has 0 amide bonds. The van der Waals surface area contributed by atoms with Crippen LogP contribution < -0.4 is 0 Å². The van der Waals surface area contributed by atoms with Crippen LogP contribution >= 0.6 is 0 Å². The lowest BCUT2D eigenvalue weighted by Gasteiger charge is -2.09. The lowest BCUT2D eigenvalue weighted by molar-refractivity contribution is 0.459. The second kappa shape index (κ2) is 15.1. The Morgan fingerprint density at radius 2 is 1.28 bits per heavy atom. The molecule has 1 radical (unpaired) electrons. The first-order valence-electron chi connectivity index (χ1n) is 8.62. The molecule has 109 valence electrons. The van der Waals surface area contributed by atoms with Crippen molar-refractivity contribution in [3.8, 4) is 0 Å². The summed E-state index contributed by atoms with van der Waals surface area (Å²) in [6.45, 7) is 6.99. The van der Waals surface area contributed by atoms with Gasteiger partial charge >= 0.3 is 0 Å². The van der Waals surface area contributed by atoms with Gasteiger partial charge in [0.1, 0.15) is 0 Å². The minimum Gasteiger partial charge on any atom is -0.0654 e. The summed E-state index contributed by atoms with van der Waals surface area (Å²) in [6.07, 6.45) is 20.9. The number of hydrogen-bond acceptors (Lipinski definition) is 0. The maximum Gasteiger partial charge on any atom is -0.0386 e. The molecule has 0 heterocycles. The normalized spacial score (nSPS) is 12.8. The average Bonchev–Trinajstić information content (AvgIpc) is 2.36. The molecule has 0 fully saturated rings. The maximum absolute atomic E-state index is 2.53. The molecule has 0 aromatic rings. The molecule has 1 atom stereocenters. The minimum atomic E-state index is 0.952. The van der Waals surface area contributed by atoms with Crippen LogP contribution in [0.1, 0.15) is 104 Å². The van der Waals surface area contributed by atoms with Crippen LogP contribution in [0.4, 0.5) is 0 Å². The number of hydrogen-bond donors (Lipinski definition) is 0. The molecule has 0 aliphatic carbocycles. The predicted molar refractivity (Wildman–Crippen MR) is 84.8 cm³/mol. The van der Waals surface area contributed by atoms with E-state index in [4.69, 9.17) is 0 Å². The Hall–Kier alpha value is 0. The first kappa shape index (κ1) is 18.0. The topological polar surface area (TPSA) is 0 Å². The Bertz CT molecular complexity index is 139. The van der Waals surface area contributed by atoms with Crippen molar-refractivity contribution in [2.45, 2.75) is 104 Å². The first-order chi connectivity index (χ1) is 8.81. The van der Waals surface area contributed by atoms with Crippen LogP contribution in [0.25, 0.3) is 0 Å². The van der Waals surface area contributed by atoms with E-state index in [0.29, 0.717) is 0 Å². The Kier molecular flexibility index (Phi) is 15.1. The van der Waals surface area contributed by atoms with Crippen LogP contribution in [0.2, 0.25) is 0 Å². The molecule has 0 heteroatoms. The third kappa shape index (κ3) is 14.1. The maximum atomic E-state index is 2.53. The van der Waals surface area contributed by atoms with Gasteiger partial charge in [0.2, 0.25) is 0 Å². The van der Waals surface area contributed by atoms with E-state index >= 15 is 0 Å². The molecule has 0 saturated carbocycles. The van der Waals surface area contributed by atoms with E-state index in [0.717, 1.165) is 5.92 Å². The van der Waals surface area contributed by atoms with Crippen LogP contribution in [0.15, 0.2) is 0 Å². The molecule has 0 bridgehead atoms. The summed E-state index contributed by atoms with van der Waals surface area (Å²) < 4.78 is 0. The van der Waals surface area contributed by atoms with Gasteiger partial charge in [-0.05, 0) is 12.3 Å². The number of rotatable bonds is 14. The standard InChI is InChI=1S/C18H37/c1-4-6-7-8-9-10-11-12-13-14-15-17-18(3)16-5-2/h12,18H,4-11,13-17H2,1-3H3. The van der Waals surface area contributed by atoms with E-state index in [1.165, 1.54) is 83.5 Å². The second-order valence-electron chi connectivity index (χ2n) is 6.02. The number of unbranched alkanes of at least 4 members (excludes halogenated alkanes) is 10. The van der Waals surface area contributed by atoms with Crippen molar-refractivity contribution < 1.29 is 0 Å². The molecular weight excluding hydrogens is 216 g/mol. The molecule has 0 rings (SSSR count). The highest BCUT2D eigenvalue weighted by atomic mass is 14.1. The molecule has 18 heavy (non-hydrogen) atoms. The van der Waals surface area contributed by atoms with Crippen molar-refractivity contribution in [1.29, 1.82) is 0 Å². The van der Waals surface area contributed by atoms with Crippen LogP contribution in [-0.2, 0) is 0 Å². The molecule has 0 aliphatic rings. The monoisotopic (exact) mass is 253 g/mol. The summed E-state index contributed by atoms with van der Waals surface area (Å²) in [6, 6.07) is 0. The zero-order chi connectivity index (χ0) is 13.5. The van der Waals surface area contributed by atoms with Crippen molar-refractivity contribution in [3.05, 3.63) is 6.42 Å². The fourth-order valence-electron chi connectivity index (χ4n) is 2.63. The van der Waals surface area contributed by atoms with Crippen molar-refractivity contribution >= 4 is 0 Å². The van der Waals surface area contributed by atoms with E-state index in [1.807, 2.05) is 0 Å². The molecule has 0 saturated heterocycles.